The van der Waals surface area contributed by atoms with Crippen LogP contribution < -0.4 is 5.32 Å². The monoisotopic (exact) mass is 227 g/mol. The Morgan fingerprint density at radius 1 is 1.47 bits per heavy atom. The average Bonchev–Trinajstić information content (AvgIpc) is 2.79. The third-order valence-corrected chi connectivity index (χ3v) is 3.27. The van der Waals surface area contributed by atoms with E-state index in [0.29, 0.717) is 0 Å². The van der Waals surface area contributed by atoms with E-state index in [2.05, 4.69) is 15.2 Å². The molecule has 0 bridgehead atoms. The lowest BCUT2D eigenvalue weighted by Crippen LogP contribution is -2.40. The third-order valence-electron chi connectivity index (χ3n) is 2.49. The van der Waals surface area contributed by atoms with Gasteiger partial charge in [-0.1, -0.05) is 0 Å². The maximum Gasteiger partial charge on any atom is 0.0794 e. The second-order valence-corrected chi connectivity index (χ2v) is 4.57. The fraction of sp³-hybridized carbons (Fsp3) is 0.700. The minimum Gasteiger partial charge on any atom is -0.379 e. The first-order valence-corrected chi connectivity index (χ1v) is 6.21. The summed E-state index contributed by atoms with van der Waals surface area (Å²) in [5.41, 5.74) is 1.87. The first kappa shape index (κ1) is 11.0. The minimum atomic E-state index is 0.884. The SMILES string of the molecule is c1ncc(CNCCN2CCOCC2)s1. The number of aromatic nitrogens is 1. The molecule has 0 atom stereocenters. The van der Waals surface area contributed by atoms with Gasteiger partial charge in [-0.2, -0.15) is 0 Å². The number of nitrogens with zero attached hydrogens (tertiary/aromatic N) is 2. The molecule has 15 heavy (non-hydrogen) atoms. The molecule has 1 aromatic rings. The molecule has 5 heteroatoms. The van der Waals surface area contributed by atoms with E-state index in [1.54, 1.807) is 11.3 Å². The van der Waals surface area contributed by atoms with Crippen molar-refractivity contribution < 1.29 is 4.74 Å². The van der Waals surface area contributed by atoms with Gasteiger partial charge in [0.25, 0.3) is 0 Å². The van der Waals surface area contributed by atoms with Gasteiger partial charge in [-0.15, -0.1) is 11.3 Å². The topological polar surface area (TPSA) is 37.4 Å². The molecule has 0 amide bonds. The van der Waals surface area contributed by atoms with Crippen LogP contribution in [-0.2, 0) is 11.3 Å². The summed E-state index contributed by atoms with van der Waals surface area (Å²) in [6.45, 7) is 7.00. The molecule has 2 rings (SSSR count). The molecule has 0 unspecified atom stereocenters. The van der Waals surface area contributed by atoms with Crippen molar-refractivity contribution in [3.63, 3.8) is 0 Å². The van der Waals surface area contributed by atoms with Crippen molar-refractivity contribution in [1.82, 2.24) is 15.2 Å². The van der Waals surface area contributed by atoms with Crippen molar-refractivity contribution in [2.24, 2.45) is 0 Å². The quantitative estimate of drug-likeness (QED) is 0.746. The van der Waals surface area contributed by atoms with Gasteiger partial charge >= 0.3 is 0 Å². The molecule has 0 spiro atoms. The number of ether oxygens (including phenoxy) is 1. The second-order valence-electron chi connectivity index (χ2n) is 3.60. The highest BCUT2D eigenvalue weighted by Gasteiger charge is 2.08. The molecule has 1 saturated heterocycles. The van der Waals surface area contributed by atoms with Crippen LogP contribution in [0, 0.1) is 0 Å². The van der Waals surface area contributed by atoms with Gasteiger partial charge in [0.2, 0.25) is 0 Å². The first-order valence-electron chi connectivity index (χ1n) is 5.33. The predicted octanol–water partition coefficient (Wildman–Crippen LogP) is 0.565. The second kappa shape index (κ2) is 6.17. The lowest BCUT2D eigenvalue weighted by molar-refractivity contribution is 0.0384. The Bertz CT molecular complexity index is 260. The predicted molar refractivity (Wildman–Crippen MR) is 61.1 cm³/mol. The van der Waals surface area contributed by atoms with Crippen LogP contribution in [0.5, 0.6) is 0 Å². The van der Waals surface area contributed by atoms with Crippen molar-refractivity contribution >= 4 is 11.3 Å². The highest BCUT2D eigenvalue weighted by Crippen LogP contribution is 2.03. The van der Waals surface area contributed by atoms with Crippen LogP contribution in [0.25, 0.3) is 0 Å². The highest BCUT2D eigenvalue weighted by atomic mass is 32.1. The molecular formula is C10H17N3OS. The normalized spacial score (nSPS) is 18.1. The Morgan fingerprint density at radius 3 is 3.07 bits per heavy atom. The van der Waals surface area contributed by atoms with E-state index in [9.17, 15) is 0 Å². The zero-order chi connectivity index (χ0) is 10.3. The Labute approximate surface area is 94.3 Å². The van der Waals surface area contributed by atoms with Crippen LogP contribution in [0.15, 0.2) is 11.7 Å². The molecule has 1 aliphatic heterocycles. The Kier molecular flexibility index (Phi) is 4.53. The molecule has 0 saturated carbocycles. The number of morpholine rings is 1. The van der Waals surface area contributed by atoms with E-state index in [-0.39, 0.29) is 0 Å². The summed E-state index contributed by atoms with van der Waals surface area (Å²) < 4.78 is 5.30. The Balaban J connectivity index is 1.54. The van der Waals surface area contributed by atoms with Crippen LogP contribution in [0.4, 0.5) is 0 Å². The van der Waals surface area contributed by atoms with Crippen molar-refractivity contribution in [3.05, 3.63) is 16.6 Å². The fourth-order valence-corrected chi connectivity index (χ4v) is 2.17. The molecule has 1 aromatic heterocycles. The molecule has 0 radical (unpaired) electrons. The van der Waals surface area contributed by atoms with E-state index >= 15 is 0 Å². The zero-order valence-electron chi connectivity index (χ0n) is 8.82. The maximum atomic E-state index is 5.30. The van der Waals surface area contributed by atoms with Gasteiger partial charge in [-0.25, -0.2) is 0 Å². The molecule has 1 fully saturated rings. The van der Waals surface area contributed by atoms with Crippen molar-refractivity contribution in [3.8, 4) is 0 Å². The zero-order valence-corrected chi connectivity index (χ0v) is 9.63. The summed E-state index contributed by atoms with van der Waals surface area (Å²) in [6.07, 6.45) is 1.92. The molecular weight excluding hydrogens is 210 g/mol. The largest absolute Gasteiger partial charge is 0.379 e. The summed E-state index contributed by atoms with van der Waals surface area (Å²) in [5.74, 6) is 0. The van der Waals surface area contributed by atoms with E-state index in [4.69, 9.17) is 4.74 Å². The van der Waals surface area contributed by atoms with E-state index < -0.39 is 0 Å². The third kappa shape index (κ3) is 3.87. The van der Waals surface area contributed by atoms with E-state index in [1.807, 2.05) is 11.7 Å². The number of hydrogen-bond donors (Lipinski definition) is 1. The molecule has 1 N–H and O–H groups in total. The van der Waals surface area contributed by atoms with Crippen LogP contribution >= 0.6 is 11.3 Å². The summed E-state index contributed by atoms with van der Waals surface area (Å²) >= 11 is 1.70. The standard InChI is InChI=1S/C10H17N3OS/c1(2-13-3-5-14-6-4-13)11-7-10-8-12-9-15-10/h8-9,11H,1-7H2. The number of hydrogen-bond acceptors (Lipinski definition) is 5. The number of rotatable bonds is 5. The van der Waals surface area contributed by atoms with Crippen LogP contribution in [0.2, 0.25) is 0 Å². The molecule has 0 aromatic carbocycles. The molecule has 2 heterocycles. The molecule has 0 aliphatic carbocycles. The average molecular weight is 227 g/mol. The maximum absolute atomic E-state index is 5.30. The van der Waals surface area contributed by atoms with E-state index in [1.165, 1.54) is 4.88 Å². The summed E-state index contributed by atoms with van der Waals surface area (Å²) in [5, 5.41) is 3.42. The van der Waals surface area contributed by atoms with Gasteiger partial charge in [0, 0.05) is 43.8 Å². The lowest BCUT2D eigenvalue weighted by Gasteiger charge is -2.26. The number of nitrogens with one attached hydrogen (secondary N) is 1. The van der Waals surface area contributed by atoms with Gasteiger partial charge in [0.05, 0.1) is 18.7 Å². The first-order chi connectivity index (χ1) is 7.45. The number of thiazole rings is 1. The smallest absolute Gasteiger partial charge is 0.0794 e. The van der Waals surface area contributed by atoms with Gasteiger partial charge in [0.1, 0.15) is 0 Å². The van der Waals surface area contributed by atoms with Gasteiger partial charge < -0.3 is 10.1 Å². The summed E-state index contributed by atoms with van der Waals surface area (Å²) in [4.78, 5) is 7.78. The Hall–Kier alpha value is -0.490. The Morgan fingerprint density at radius 2 is 2.33 bits per heavy atom. The van der Waals surface area contributed by atoms with Crippen molar-refractivity contribution in [2.45, 2.75) is 6.54 Å². The van der Waals surface area contributed by atoms with E-state index in [0.717, 1.165) is 45.9 Å². The van der Waals surface area contributed by atoms with Gasteiger partial charge in [-0.3, -0.25) is 9.88 Å². The van der Waals surface area contributed by atoms with Gasteiger partial charge in [-0.05, 0) is 0 Å². The lowest BCUT2D eigenvalue weighted by atomic mass is 10.4. The molecule has 84 valence electrons. The minimum absolute atomic E-state index is 0.884. The molecule has 4 nitrogen and oxygen atoms in total. The fourth-order valence-electron chi connectivity index (χ4n) is 1.60. The summed E-state index contributed by atoms with van der Waals surface area (Å²) in [6, 6.07) is 0. The van der Waals surface area contributed by atoms with Crippen molar-refractivity contribution in [1.29, 1.82) is 0 Å². The van der Waals surface area contributed by atoms with Crippen molar-refractivity contribution in [2.75, 3.05) is 39.4 Å². The highest BCUT2D eigenvalue weighted by molar-refractivity contribution is 7.09. The van der Waals surface area contributed by atoms with Crippen LogP contribution in [-0.4, -0.2) is 49.3 Å². The van der Waals surface area contributed by atoms with Gasteiger partial charge in [0.15, 0.2) is 0 Å². The van der Waals surface area contributed by atoms with Crippen LogP contribution in [0.1, 0.15) is 4.88 Å². The van der Waals surface area contributed by atoms with Crippen LogP contribution in [0.3, 0.4) is 0 Å². The molecule has 1 aliphatic rings. The summed E-state index contributed by atoms with van der Waals surface area (Å²) in [7, 11) is 0.